The van der Waals surface area contributed by atoms with E-state index in [1.54, 1.807) is 0 Å². The van der Waals surface area contributed by atoms with E-state index in [0.29, 0.717) is 12.1 Å². The Morgan fingerprint density at radius 3 is 2.15 bits per heavy atom. The topological polar surface area (TPSA) is 54.0 Å². The Morgan fingerprint density at radius 2 is 1.62 bits per heavy atom. The van der Waals surface area contributed by atoms with Crippen LogP contribution >= 0.6 is 11.5 Å². The highest BCUT2D eigenvalue weighted by Crippen LogP contribution is 2.28. The molecule has 0 saturated carbocycles. The quantitative estimate of drug-likeness (QED) is 0.650. The van der Waals surface area contributed by atoms with Crippen LogP contribution in [0.5, 0.6) is 0 Å². The Bertz CT molecular complexity index is 807. The van der Waals surface area contributed by atoms with Crippen molar-refractivity contribution in [2.24, 2.45) is 0 Å². The normalized spacial score (nSPS) is 10.7. The number of aromatic nitrogens is 1. The van der Waals surface area contributed by atoms with Gasteiger partial charge in [0.15, 0.2) is 0 Å². The predicted molar refractivity (Wildman–Crippen MR) is 108 cm³/mol. The molecule has 134 valence electrons. The molecule has 1 heterocycles. The number of benzene rings is 2. The number of carbonyl (C=O) groups excluding carboxylic acids is 1. The van der Waals surface area contributed by atoms with Crippen LogP contribution in [0.25, 0.3) is 0 Å². The predicted octanol–water partition coefficient (Wildman–Crippen LogP) is 4.45. The number of hydrogen-bond donors (Lipinski definition) is 2. The molecule has 0 atom stereocenters. The zero-order valence-corrected chi connectivity index (χ0v) is 15.8. The Balaban J connectivity index is 1.71. The maximum absolute atomic E-state index is 12.6. The van der Waals surface area contributed by atoms with Gasteiger partial charge >= 0.3 is 0 Å². The Kier molecular flexibility index (Phi) is 6.02. The zero-order valence-electron chi connectivity index (χ0n) is 15.0. The number of rotatable bonds is 7. The van der Waals surface area contributed by atoms with Gasteiger partial charge in [-0.1, -0.05) is 60.7 Å². The second-order valence-corrected chi connectivity index (χ2v) is 6.91. The minimum atomic E-state index is -0.0690. The van der Waals surface area contributed by atoms with Crippen LogP contribution in [0.4, 0.5) is 5.00 Å². The number of nitrogens with zero attached hydrogens (tertiary/aromatic N) is 1. The molecule has 1 aromatic heterocycles. The Morgan fingerprint density at radius 1 is 1.04 bits per heavy atom. The summed E-state index contributed by atoms with van der Waals surface area (Å²) in [5.41, 5.74) is 3.93. The molecule has 26 heavy (non-hydrogen) atoms. The van der Waals surface area contributed by atoms with Crippen molar-refractivity contribution in [3.63, 3.8) is 0 Å². The molecule has 0 aliphatic rings. The summed E-state index contributed by atoms with van der Waals surface area (Å²) in [6, 6.07) is 20.9. The molecule has 0 bridgehead atoms. The van der Waals surface area contributed by atoms with Gasteiger partial charge in [0.05, 0.1) is 11.3 Å². The summed E-state index contributed by atoms with van der Waals surface area (Å²) in [6.07, 6.45) is 0.839. The molecule has 0 saturated heterocycles. The van der Waals surface area contributed by atoms with Crippen LogP contribution in [0.2, 0.25) is 0 Å². The first-order valence-electron chi connectivity index (χ1n) is 8.72. The third-order valence-corrected chi connectivity index (χ3v) is 5.40. The summed E-state index contributed by atoms with van der Waals surface area (Å²) in [6.45, 7) is 2.47. The van der Waals surface area contributed by atoms with Crippen LogP contribution in [-0.4, -0.2) is 23.9 Å². The molecule has 0 aliphatic heterocycles. The third kappa shape index (κ3) is 4.11. The van der Waals surface area contributed by atoms with Crippen LogP contribution in [-0.2, 0) is 0 Å². The van der Waals surface area contributed by atoms with Crippen molar-refractivity contribution in [2.45, 2.75) is 19.3 Å². The molecule has 0 aliphatic carbocycles. The van der Waals surface area contributed by atoms with Crippen LogP contribution in [0, 0.1) is 6.92 Å². The molecular formula is C21H23N3OS. The van der Waals surface area contributed by atoms with Crippen LogP contribution < -0.4 is 10.6 Å². The molecule has 0 fully saturated rings. The second-order valence-electron chi connectivity index (χ2n) is 6.14. The molecule has 4 nitrogen and oxygen atoms in total. The largest absolute Gasteiger partial charge is 0.378 e. The summed E-state index contributed by atoms with van der Waals surface area (Å²) in [7, 11) is 1.81. The number of carbonyl (C=O) groups is 1. The van der Waals surface area contributed by atoms with E-state index in [2.05, 4.69) is 63.5 Å². The smallest absolute Gasteiger partial charge is 0.256 e. The lowest BCUT2D eigenvalue weighted by atomic mass is 9.88. The van der Waals surface area contributed by atoms with Gasteiger partial charge in [0.2, 0.25) is 0 Å². The van der Waals surface area contributed by atoms with Crippen molar-refractivity contribution >= 4 is 22.4 Å². The first kappa shape index (κ1) is 18.1. The first-order valence-corrected chi connectivity index (χ1v) is 9.50. The standard InChI is InChI=1S/C21H23N3OS/c1-15-19(21(22-2)26-24-15)20(25)23-14-13-18(16-9-5-3-6-10-16)17-11-7-4-8-12-17/h3-12,18,22H,13-14H2,1-2H3,(H,23,25). The van der Waals surface area contributed by atoms with Crippen LogP contribution in [0.3, 0.4) is 0 Å². The van der Waals surface area contributed by atoms with Gasteiger partial charge in [-0.3, -0.25) is 4.79 Å². The van der Waals surface area contributed by atoms with E-state index in [9.17, 15) is 4.79 Å². The average Bonchev–Trinajstić information content (AvgIpc) is 3.07. The van der Waals surface area contributed by atoms with E-state index in [1.165, 1.54) is 22.7 Å². The van der Waals surface area contributed by atoms with Gasteiger partial charge in [-0.2, -0.15) is 4.37 Å². The van der Waals surface area contributed by atoms with E-state index in [0.717, 1.165) is 17.1 Å². The summed E-state index contributed by atoms with van der Waals surface area (Å²) < 4.78 is 4.27. The fourth-order valence-corrected chi connectivity index (χ4v) is 3.87. The van der Waals surface area contributed by atoms with E-state index in [4.69, 9.17) is 0 Å². The van der Waals surface area contributed by atoms with Crippen molar-refractivity contribution in [2.75, 3.05) is 18.9 Å². The monoisotopic (exact) mass is 365 g/mol. The molecule has 0 spiro atoms. The van der Waals surface area contributed by atoms with Crippen molar-refractivity contribution in [1.29, 1.82) is 0 Å². The van der Waals surface area contributed by atoms with Crippen LogP contribution in [0.15, 0.2) is 60.7 Å². The minimum absolute atomic E-state index is 0.0690. The molecule has 1 amide bonds. The third-order valence-electron chi connectivity index (χ3n) is 4.44. The molecular weight excluding hydrogens is 342 g/mol. The van der Waals surface area contributed by atoms with Gasteiger partial charge in [0.25, 0.3) is 5.91 Å². The van der Waals surface area contributed by atoms with Crippen LogP contribution in [0.1, 0.15) is 39.5 Å². The van der Waals surface area contributed by atoms with E-state index in [-0.39, 0.29) is 11.8 Å². The molecule has 3 aromatic rings. The summed E-state index contributed by atoms with van der Waals surface area (Å²) >= 11 is 1.32. The van der Waals surface area contributed by atoms with Crippen molar-refractivity contribution in [3.05, 3.63) is 83.0 Å². The lowest BCUT2D eigenvalue weighted by Gasteiger charge is -2.18. The number of nitrogens with one attached hydrogen (secondary N) is 2. The highest BCUT2D eigenvalue weighted by atomic mass is 32.1. The minimum Gasteiger partial charge on any atom is -0.378 e. The van der Waals surface area contributed by atoms with E-state index in [1.807, 2.05) is 26.1 Å². The molecule has 0 unspecified atom stereocenters. The lowest BCUT2D eigenvalue weighted by Crippen LogP contribution is -2.26. The summed E-state index contributed by atoms with van der Waals surface area (Å²) in [4.78, 5) is 12.6. The highest BCUT2D eigenvalue weighted by molar-refractivity contribution is 7.10. The molecule has 2 aromatic carbocycles. The number of anilines is 1. The van der Waals surface area contributed by atoms with Gasteiger partial charge in [-0.25, -0.2) is 0 Å². The zero-order chi connectivity index (χ0) is 18.4. The second kappa shape index (κ2) is 8.63. The number of aryl methyl sites for hydroxylation is 1. The number of hydrogen-bond acceptors (Lipinski definition) is 4. The maximum Gasteiger partial charge on any atom is 0.256 e. The maximum atomic E-state index is 12.6. The van der Waals surface area contributed by atoms with Crippen molar-refractivity contribution in [1.82, 2.24) is 9.69 Å². The highest BCUT2D eigenvalue weighted by Gasteiger charge is 2.19. The fraction of sp³-hybridized carbons (Fsp3) is 0.238. The van der Waals surface area contributed by atoms with Crippen molar-refractivity contribution < 1.29 is 4.79 Å². The molecule has 2 N–H and O–H groups in total. The van der Waals surface area contributed by atoms with Gasteiger partial charge in [-0.05, 0) is 36.0 Å². The van der Waals surface area contributed by atoms with Gasteiger partial charge < -0.3 is 10.6 Å². The SMILES string of the molecule is CNc1snc(C)c1C(=O)NCCC(c1ccccc1)c1ccccc1. The van der Waals surface area contributed by atoms with Crippen molar-refractivity contribution in [3.8, 4) is 0 Å². The molecule has 5 heteroatoms. The van der Waals surface area contributed by atoms with Gasteiger partial charge in [0, 0.05) is 19.5 Å². The molecule has 3 rings (SSSR count). The van der Waals surface area contributed by atoms with Gasteiger partial charge in [-0.15, -0.1) is 0 Å². The van der Waals surface area contributed by atoms with E-state index >= 15 is 0 Å². The summed E-state index contributed by atoms with van der Waals surface area (Å²) in [5, 5.41) is 6.91. The Hall–Kier alpha value is -2.66. The number of amides is 1. The van der Waals surface area contributed by atoms with E-state index < -0.39 is 0 Å². The summed E-state index contributed by atoms with van der Waals surface area (Å²) in [5.74, 6) is 0.184. The van der Waals surface area contributed by atoms with Gasteiger partial charge in [0.1, 0.15) is 5.00 Å². The first-order chi connectivity index (χ1) is 12.7. The lowest BCUT2D eigenvalue weighted by molar-refractivity contribution is 0.0953. The average molecular weight is 366 g/mol. The Labute approximate surface area is 158 Å². The molecule has 0 radical (unpaired) electrons. The fourth-order valence-electron chi connectivity index (χ4n) is 3.12.